The van der Waals surface area contributed by atoms with Crippen molar-refractivity contribution in [2.75, 3.05) is 0 Å². The Labute approximate surface area is 179 Å². The van der Waals surface area contributed by atoms with Crippen LogP contribution in [0.2, 0.25) is 5.02 Å². The molecule has 0 fully saturated rings. The molecule has 4 nitrogen and oxygen atoms in total. The summed E-state index contributed by atoms with van der Waals surface area (Å²) in [5.74, 6) is -2.86. The highest BCUT2D eigenvalue weighted by atomic mass is 35.5. The first-order valence-electron chi connectivity index (χ1n) is 9.59. The van der Waals surface area contributed by atoms with Crippen molar-refractivity contribution in [3.8, 4) is 0 Å². The summed E-state index contributed by atoms with van der Waals surface area (Å²) in [4.78, 5) is 27.3. The van der Waals surface area contributed by atoms with E-state index < -0.39 is 23.5 Å². The second-order valence-corrected chi connectivity index (χ2v) is 7.90. The van der Waals surface area contributed by atoms with Gasteiger partial charge in [0.05, 0.1) is 18.2 Å². The molecule has 1 heterocycles. The highest BCUT2D eigenvalue weighted by Gasteiger charge is 2.38. The molecule has 1 atom stereocenters. The van der Waals surface area contributed by atoms with Crippen LogP contribution >= 0.6 is 11.6 Å². The van der Waals surface area contributed by atoms with E-state index in [1.165, 1.54) is 4.90 Å². The van der Waals surface area contributed by atoms with Crippen molar-refractivity contribution in [1.29, 1.82) is 0 Å². The fourth-order valence-electron chi connectivity index (χ4n) is 3.65. The van der Waals surface area contributed by atoms with Crippen LogP contribution in [0.1, 0.15) is 44.2 Å². The molecule has 2 aromatic rings. The number of nitrogens with zero attached hydrogens (tertiary/aromatic N) is 1. The van der Waals surface area contributed by atoms with Gasteiger partial charge in [0.1, 0.15) is 11.6 Å². The molecule has 1 amide bonds. The fraction of sp³-hybridized carbons (Fsp3) is 0.304. The lowest BCUT2D eigenvalue weighted by molar-refractivity contribution is -0.143. The van der Waals surface area contributed by atoms with Crippen LogP contribution in [0.25, 0.3) is 0 Å². The third kappa shape index (κ3) is 4.70. The molecule has 1 aliphatic rings. The monoisotopic (exact) mass is 433 g/mol. The van der Waals surface area contributed by atoms with Crippen LogP contribution in [0.5, 0.6) is 0 Å². The van der Waals surface area contributed by atoms with Gasteiger partial charge in [0.25, 0.3) is 0 Å². The quantitative estimate of drug-likeness (QED) is 0.596. The lowest BCUT2D eigenvalue weighted by Gasteiger charge is -2.35. The molecular weight excluding hydrogens is 412 g/mol. The van der Waals surface area contributed by atoms with Gasteiger partial charge in [-0.05, 0) is 50.1 Å². The topological polar surface area (TPSA) is 46.6 Å². The van der Waals surface area contributed by atoms with Crippen LogP contribution < -0.4 is 0 Å². The molecule has 0 spiro atoms. The van der Waals surface area contributed by atoms with E-state index in [0.717, 1.165) is 18.2 Å². The van der Waals surface area contributed by atoms with E-state index in [-0.39, 0.29) is 30.5 Å². The number of esters is 1. The largest absolute Gasteiger partial charge is 0.460 e. The van der Waals surface area contributed by atoms with Crippen LogP contribution in [0.4, 0.5) is 8.78 Å². The predicted octanol–water partition coefficient (Wildman–Crippen LogP) is 5.36. The molecule has 2 aromatic carbocycles. The second-order valence-electron chi connectivity index (χ2n) is 7.49. The Morgan fingerprint density at radius 1 is 1.20 bits per heavy atom. The van der Waals surface area contributed by atoms with Crippen molar-refractivity contribution < 1.29 is 23.1 Å². The van der Waals surface area contributed by atoms with Gasteiger partial charge in [0, 0.05) is 29.1 Å². The number of benzene rings is 2. The van der Waals surface area contributed by atoms with E-state index in [9.17, 15) is 18.4 Å². The minimum atomic E-state index is -0.732. The van der Waals surface area contributed by atoms with Gasteiger partial charge >= 0.3 is 5.97 Å². The van der Waals surface area contributed by atoms with Gasteiger partial charge in [-0.15, -0.1) is 0 Å². The highest BCUT2D eigenvalue weighted by Crippen LogP contribution is 2.40. The maximum atomic E-state index is 13.6. The van der Waals surface area contributed by atoms with Crippen LogP contribution in [-0.4, -0.2) is 22.9 Å². The Hall–Kier alpha value is -2.73. The lowest BCUT2D eigenvalue weighted by atomic mass is 9.83. The first kappa shape index (κ1) is 22.0. The van der Waals surface area contributed by atoms with Crippen LogP contribution in [0.3, 0.4) is 0 Å². The van der Waals surface area contributed by atoms with E-state index in [4.69, 9.17) is 16.3 Å². The number of halogens is 3. The van der Waals surface area contributed by atoms with Gasteiger partial charge in [-0.25, -0.2) is 13.6 Å². The Morgan fingerprint density at radius 3 is 2.43 bits per heavy atom. The molecule has 7 heteroatoms. The predicted molar refractivity (Wildman–Crippen MR) is 110 cm³/mol. The number of hydrogen-bond acceptors (Lipinski definition) is 3. The van der Waals surface area contributed by atoms with Gasteiger partial charge < -0.3 is 9.64 Å². The normalized spacial score (nSPS) is 17.0. The molecule has 0 bridgehead atoms. The molecule has 0 aromatic heterocycles. The molecule has 0 aliphatic carbocycles. The van der Waals surface area contributed by atoms with Crippen molar-refractivity contribution in [1.82, 2.24) is 4.90 Å². The summed E-state index contributed by atoms with van der Waals surface area (Å²) in [6.45, 7) is 5.04. The van der Waals surface area contributed by atoms with E-state index >= 15 is 0 Å². The molecule has 0 N–H and O–H groups in total. The van der Waals surface area contributed by atoms with Gasteiger partial charge in [-0.3, -0.25) is 4.79 Å². The Kier molecular flexibility index (Phi) is 6.56. The number of hydrogen-bond donors (Lipinski definition) is 0. The van der Waals surface area contributed by atoms with Crippen molar-refractivity contribution in [3.63, 3.8) is 0 Å². The summed E-state index contributed by atoms with van der Waals surface area (Å²) in [7, 11) is 0. The van der Waals surface area contributed by atoms with E-state index in [2.05, 4.69) is 0 Å². The maximum absolute atomic E-state index is 13.6. The zero-order chi connectivity index (χ0) is 22.0. The van der Waals surface area contributed by atoms with Crippen molar-refractivity contribution in [3.05, 3.63) is 81.5 Å². The van der Waals surface area contributed by atoms with E-state index in [0.29, 0.717) is 21.9 Å². The van der Waals surface area contributed by atoms with Crippen LogP contribution in [0, 0.1) is 11.6 Å². The third-order valence-electron chi connectivity index (χ3n) is 4.93. The molecular formula is C23H22ClF2NO3. The summed E-state index contributed by atoms with van der Waals surface area (Å²) in [5, 5.41) is 0.443. The fourth-order valence-corrected chi connectivity index (χ4v) is 3.92. The van der Waals surface area contributed by atoms with Crippen LogP contribution in [0.15, 0.2) is 53.7 Å². The second kappa shape index (κ2) is 8.96. The number of carbonyl (C=O) groups is 2. The first-order chi connectivity index (χ1) is 14.2. The summed E-state index contributed by atoms with van der Waals surface area (Å²) < 4.78 is 32.6. The number of allylic oxidation sites excluding steroid dienone is 1. The van der Waals surface area contributed by atoms with Crippen molar-refractivity contribution in [2.45, 2.75) is 45.8 Å². The molecule has 3 rings (SSSR count). The number of amides is 1. The minimum absolute atomic E-state index is 0.0125. The average Bonchev–Trinajstić information content (AvgIpc) is 2.63. The molecule has 0 unspecified atom stereocenters. The number of ether oxygens (including phenoxy) is 1. The van der Waals surface area contributed by atoms with Gasteiger partial charge in [0.2, 0.25) is 5.91 Å². The third-order valence-corrected chi connectivity index (χ3v) is 5.27. The molecule has 0 radical (unpaired) electrons. The van der Waals surface area contributed by atoms with Crippen LogP contribution in [-0.2, 0) is 20.9 Å². The zero-order valence-corrected chi connectivity index (χ0v) is 17.7. The van der Waals surface area contributed by atoms with Gasteiger partial charge in [-0.1, -0.05) is 29.8 Å². The molecule has 30 heavy (non-hydrogen) atoms. The average molecular weight is 434 g/mol. The minimum Gasteiger partial charge on any atom is -0.460 e. The summed E-state index contributed by atoms with van der Waals surface area (Å²) in [6.07, 6.45) is -0.366. The summed E-state index contributed by atoms with van der Waals surface area (Å²) in [6, 6.07) is 10.1. The summed E-state index contributed by atoms with van der Waals surface area (Å²) in [5.41, 5.74) is 1.63. The SMILES string of the molecule is CC1=C(C(=O)OC(C)C)[C@@H](c2ccccc2Cl)CC(=O)N1Cc1cc(F)cc(F)c1. The Bertz CT molecular complexity index is 999. The maximum Gasteiger partial charge on any atom is 0.336 e. The molecule has 1 aliphatic heterocycles. The standard InChI is InChI=1S/C23H22ClF2NO3/c1-13(2)30-23(29)22-14(3)27(12-15-8-16(25)10-17(26)9-15)21(28)11-19(22)18-6-4-5-7-20(18)24/h4-10,13,19H,11-12H2,1-3H3/t19-/m1/s1. The highest BCUT2D eigenvalue weighted by molar-refractivity contribution is 6.31. The van der Waals surface area contributed by atoms with Gasteiger partial charge in [-0.2, -0.15) is 0 Å². The number of rotatable bonds is 5. The van der Waals surface area contributed by atoms with Crippen molar-refractivity contribution in [2.24, 2.45) is 0 Å². The molecule has 0 saturated carbocycles. The smallest absolute Gasteiger partial charge is 0.336 e. The van der Waals surface area contributed by atoms with E-state index in [1.807, 2.05) is 0 Å². The first-order valence-corrected chi connectivity index (χ1v) is 9.96. The van der Waals surface area contributed by atoms with E-state index in [1.54, 1.807) is 45.0 Å². The Balaban J connectivity index is 2.07. The van der Waals surface area contributed by atoms with Gasteiger partial charge in [0.15, 0.2) is 0 Å². The molecule has 0 saturated heterocycles. The number of carbonyl (C=O) groups excluding carboxylic acids is 2. The molecule has 158 valence electrons. The zero-order valence-electron chi connectivity index (χ0n) is 16.9. The Morgan fingerprint density at radius 2 is 1.83 bits per heavy atom. The van der Waals surface area contributed by atoms with Crippen molar-refractivity contribution >= 4 is 23.5 Å². The summed E-state index contributed by atoms with van der Waals surface area (Å²) >= 11 is 6.35. The lowest BCUT2D eigenvalue weighted by Crippen LogP contribution is -2.38.